The molecule has 0 aliphatic carbocycles. The quantitative estimate of drug-likeness (QED) is 0.398. The fourth-order valence-electron chi connectivity index (χ4n) is 3.95. The summed E-state index contributed by atoms with van der Waals surface area (Å²) in [5.41, 5.74) is 3.90. The molecular formula is C25H28N4O2S. The standard InChI is InChI=1S/C25H28N4O2S/c1-2-3-16-29-23-15-14-21(32(26,30)31)17-22(23)28-24(29)18-27-25(19-10-6-4-7-11-19)20-12-8-5-9-13-20/h4-15,17,25,27H,2-3,16,18H2,1H3,(H2,26,30,31). The van der Waals surface area contributed by atoms with E-state index >= 15 is 0 Å². The zero-order chi connectivity index (χ0) is 22.6. The minimum Gasteiger partial charge on any atom is -0.327 e. The van der Waals surface area contributed by atoms with E-state index in [-0.39, 0.29) is 10.9 Å². The zero-order valence-corrected chi connectivity index (χ0v) is 18.9. The van der Waals surface area contributed by atoms with E-state index in [1.54, 1.807) is 18.2 Å². The predicted octanol–water partition coefficient (Wildman–Crippen LogP) is 4.36. The number of hydrogen-bond acceptors (Lipinski definition) is 4. The summed E-state index contributed by atoms with van der Waals surface area (Å²) < 4.78 is 25.8. The summed E-state index contributed by atoms with van der Waals surface area (Å²) >= 11 is 0. The van der Waals surface area contributed by atoms with Crippen LogP contribution in [0.1, 0.15) is 42.8 Å². The van der Waals surface area contributed by atoms with Crippen molar-refractivity contribution in [3.8, 4) is 0 Å². The highest BCUT2D eigenvalue weighted by atomic mass is 32.2. The fraction of sp³-hybridized carbons (Fsp3) is 0.240. The Balaban J connectivity index is 1.69. The minimum absolute atomic E-state index is 0.0109. The number of rotatable bonds is 9. The topological polar surface area (TPSA) is 90.0 Å². The van der Waals surface area contributed by atoms with E-state index in [0.717, 1.165) is 30.7 Å². The largest absolute Gasteiger partial charge is 0.327 e. The third-order valence-corrected chi connectivity index (χ3v) is 6.50. The van der Waals surface area contributed by atoms with Crippen molar-refractivity contribution < 1.29 is 8.42 Å². The molecule has 0 amide bonds. The average Bonchev–Trinajstić information content (AvgIpc) is 3.15. The van der Waals surface area contributed by atoms with Gasteiger partial charge in [-0.1, -0.05) is 74.0 Å². The van der Waals surface area contributed by atoms with Gasteiger partial charge in [0, 0.05) is 6.54 Å². The molecule has 4 aromatic rings. The van der Waals surface area contributed by atoms with E-state index in [4.69, 9.17) is 10.1 Å². The van der Waals surface area contributed by atoms with Crippen LogP contribution in [0.3, 0.4) is 0 Å². The molecule has 0 fully saturated rings. The number of fused-ring (bicyclic) bond motifs is 1. The number of aryl methyl sites for hydroxylation is 1. The van der Waals surface area contributed by atoms with Crippen LogP contribution in [0, 0.1) is 0 Å². The van der Waals surface area contributed by atoms with Crippen LogP contribution in [0.25, 0.3) is 11.0 Å². The molecule has 0 unspecified atom stereocenters. The second-order valence-corrected chi connectivity index (χ2v) is 9.43. The first-order chi connectivity index (χ1) is 15.5. The molecular weight excluding hydrogens is 420 g/mol. The molecule has 0 bridgehead atoms. The van der Waals surface area contributed by atoms with Crippen LogP contribution in [0.5, 0.6) is 0 Å². The Morgan fingerprint density at radius 2 is 1.59 bits per heavy atom. The van der Waals surface area contributed by atoms with Gasteiger partial charge in [-0.3, -0.25) is 5.32 Å². The summed E-state index contributed by atoms with van der Waals surface area (Å²) in [7, 11) is -3.78. The van der Waals surface area contributed by atoms with Crippen molar-refractivity contribution in [3.05, 3.63) is 95.8 Å². The molecule has 32 heavy (non-hydrogen) atoms. The zero-order valence-electron chi connectivity index (χ0n) is 18.1. The highest BCUT2D eigenvalue weighted by molar-refractivity contribution is 7.89. The maximum atomic E-state index is 11.8. The lowest BCUT2D eigenvalue weighted by Gasteiger charge is -2.20. The molecule has 1 aromatic heterocycles. The van der Waals surface area contributed by atoms with Crippen molar-refractivity contribution in [3.63, 3.8) is 0 Å². The number of sulfonamides is 1. The molecule has 7 heteroatoms. The van der Waals surface area contributed by atoms with Crippen LogP contribution in [0.4, 0.5) is 0 Å². The first-order valence-electron chi connectivity index (χ1n) is 10.8. The third-order valence-electron chi connectivity index (χ3n) is 5.59. The maximum Gasteiger partial charge on any atom is 0.238 e. The van der Waals surface area contributed by atoms with E-state index in [1.165, 1.54) is 11.1 Å². The summed E-state index contributed by atoms with van der Waals surface area (Å²) in [6.45, 7) is 3.51. The fourth-order valence-corrected chi connectivity index (χ4v) is 4.48. The number of aromatic nitrogens is 2. The summed E-state index contributed by atoms with van der Waals surface area (Å²) in [4.78, 5) is 4.86. The molecule has 4 rings (SSSR count). The van der Waals surface area contributed by atoms with Crippen molar-refractivity contribution in [2.45, 2.75) is 43.8 Å². The molecule has 0 aliphatic rings. The molecule has 0 saturated heterocycles. The SMILES string of the molecule is CCCCn1c(CNC(c2ccccc2)c2ccccc2)nc2cc(S(N)(=O)=O)ccc21. The van der Waals surface area contributed by atoms with E-state index in [0.29, 0.717) is 12.1 Å². The highest BCUT2D eigenvalue weighted by Gasteiger charge is 2.18. The van der Waals surface area contributed by atoms with E-state index in [9.17, 15) is 8.42 Å². The molecule has 3 N–H and O–H groups in total. The van der Waals surface area contributed by atoms with Gasteiger partial charge in [0.2, 0.25) is 10.0 Å². The molecule has 1 heterocycles. The molecule has 166 valence electrons. The number of imidazole rings is 1. The van der Waals surface area contributed by atoms with E-state index in [1.807, 2.05) is 36.4 Å². The summed E-state index contributed by atoms with van der Waals surface area (Å²) in [5.74, 6) is 0.872. The van der Waals surface area contributed by atoms with Gasteiger partial charge in [-0.05, 0) is 35.7 Å². The molecule has 0 aliphatic heterocycles. The molecule has 6 nitrogen and oxygen atoms in total. The summed E-state index contributed by atoms with van der Waals surface area (Å²) in [5, 5.41) is 8.99. The number of nitrogens with zero attached hydrogens (tertiary/aromatic N) is 2. The van der Waals surface area contributed by atoms with E-state index < -0.39 is 10.0 Å². The van der Waals surface area contributed by atoms with Crippen molar-refractivity contribution in [1.82, 2.24) is 14.9 Å². The Morgan fingerprint density at radius 3 is 2.16 bits per heavy atom. The van der Waals surface area contributed by atoms with Crippen LogP contribution in [0.15, 0.2) is 83.8 Å². The molecule has 0 saturated carbocycles. The monoisotopic (exact) mass is 448 g/mol. The Morgan fingerprint density at radius 1 is 0.969 bits per heavy atom. The van der Waals surface area contributed by atoms with Crippen LogP contribution in [0.2, 0.25) is 0 Å². The number of nitrogens with one attached hydrogen (secondary N) is 1. The van der Waals surface area contributed by atoms with Gasteiger partial charge in [0.25, 0.3) is 0 Å². The molecule has 0 radical (unpaired) electrons. The van der Waals surface area contributed by atoms with Crippen LogP contribution in [-0.4, -0.2) is 18.0 Å². The Kier molecular flexibility index (Phi) is 6.69. The Bertz CT molecular complexity index is 1250. The number of primary sulfonamides is 1. The van der Waals surface area contributed by atoms with Crippen LogP contribution >= 0.6 is 0 Å². The summed E-state index contributed by atoms with van der Waals surface area (Å²) in [6, 6.07) is 25.6. The lowest BCUT2D eigenvalue weighted by atomic mass is 9.99. The number of nitrogens with two attached hydrogens (primary N) is 1. The van der Waals surface area contributed by atoms with Crippen LogP contribution < -0.4 is 10.5 Å². The Labute approximate surface area is 189 Å². The van der Waals surface area contributed by atoms with Gasteiger partial charge >= 0.3 is 0 Å². The lowest BCUT2D eigenvalue weighted by molar-refractivity contribution is 0.548. The number of unbranched alkanes of at least 4 members (excludes halogenated alkanes) is 1. The molecule has 0 atom stereocenters. The predicted molar refractivity (Wildman–Crippen MR) is 128 cm³/mol. The van der Waals surface area contributed by atoms with Gasteiger partial charge in [-0.25, -0.2) is 18.5 Å². The van der Waals surface area contributed by atoms with Gasteiger partial charge in [-0.2, -0.15) is 0 Å². The van der Waals surface area contributed by atoms with Gasteiger partial charge < -0.3 is 4.57 Å². The van der Waals surface area contributed by atoms with Crippen molar-refractivity contribution in [2.24, 2.45) is 5.14 Å². The number of hydrogen-bond donors (Lipinski definition) is 2. The number of benzene rings is 3. The van der Waals surface area contributed by atoms with Crippen LogP contribution in [-0.2, 0) is 23.1 Å². The second kappa shape index (κ2) is 9.65. The van der Waals surface area contributed by atoms with Crippen molar-refractivity contribution in [1.29, 1.82) is 0 Å². The lowest BCUT2D eigenvalue weighted by Crippen LogP contribution is -2.24. The molecule has 3 aromatic carbocycles. The first kappa shape index (κ1) is 22.2. The smallest absolute Gasteiger partial charge is 0.238 e. The van der Waals surface area contributed by atoms with Crippen molar-refractivity contribution in [2.75, 3.05) is 0 Å². The third kappa shape index (κ3) is 4.91. The molecule has 0 spiro atoms. The normalized spacial score (nSPS) is 12.0. The van der Waals surface area contributed by atoms with Gasteiger partial charge in [-0.15, -0.1) is 0 Å². The summed E-state index contributed by atoms with van der Waals surface area (Å²) in [6.07, 6.45) is 2.06. The first-order valence-corrected chi connectivity index (χ1v) is 12.4. The maximum absolute atomic E-state index is 11.8. The van der Waals surface area contributed by atoms with Gasteiger partial charge in [0.05, 0.1) is 28.5 Å². The van der Waals surface area contributed by atoms with Gasteiger partial charge in [0.15, 0.2) is 0 Å². The highest BCUT2D eigenvalue weighted by Crippen LogP contribution is 2.24. The van der Waals surface area contributed by atoms with E-state index in [2.05, 4.69) is 41.1 Å². The minimum atomic E-state index is -3.78. The van der Waals surface area contributed by atoms with Gasteiger partial charge in [0.1, 0.15) is 5.82 Å². The Hall–Kier alpha value is -3.00. The van der Waals surface area contributed by atoms with Crippen molar-refractivity contribution >= 4 is 21.1 Å². The average molecular weight is 449 g/mol. The second-order valence-electron chi connectivity index (χ2n) is 7.86.